The average molecular weight is 308 g/mol. The quantitative estimate of drug-likeness (QED) is 0.839. The van der Waals surface area contributed by atoms with Crippen LogP contribution in [0, 0.1) is 16.7 Å². The van der Waals surface area contributed by atoms with Gasteiger partial charge in [-0.15, -0.1) is 0 Å². The lowest BCUT2D eigenvalue weighted by molar-refractivity contribution is 0.0520. The van der Waals surface area contributed by atoms with E-state index in [1.165, 1.54) is 19.3 Å². The Morgan fingerprint density at radius 1 is 1.14 bits per heavy atom. The van der Waals surface area contributed by atoms with E-state index in [2.05, 4.69) is 31.4 Å². The molecule has 3 rings (SSSR count). The van der Waals surface area contributed by atoms with Gasteiger partial charge in [0.05, 0.1) is 0 Å². The first kappa shape index (κ1) is 16.1. The number of alkyl carbamates (subject to hydrolysis) is 1. The Morgan fingerprint density at radius 3 is 2.32 bits per heavy atom. The molecule has 3 saturated carbocycles. The summed E-state index contributed by atoms with van der Waals surface area (Å²) >= 11 is 0. The number of amides is 1. The molecule has 0 aromatic rings. The van der Waals surface area contributed by atoms with Gasteiger partial charge in [-0.1, -0.05) is 20.8 Å². The Kier molecular flexibility index (Phi) is 3.56. The van der Waals surface area contributed by atoms with Crippen LogP contribution in [0.25, 0.3) is 0 Å². The van der Waals surface area contributed by atoms with E-state index in [0.717, 1.165) is 12.3 Å². The summed E-state index contributed by atoms with van der Waals surface area (Å²) in [7, 11) is 0. The predicted molar refractivity (Wildman–Crippen MR) is 87.7 cm³/mol. The summed E-state index contributed by atoms with van der Waals surface area (Å²) in [6.45, 7) is 13.0. The third-order valence-electron chi connectivity index (χ3n) is 6.70. The first-order valence-corrected chi connectivity index (χ1v) is 8.78. The third-order valence-corrected chi connectivity index (χ3v) is 6.70. The number of hydrogen-bond acceptors (Lipinski definition) is 3. The molecule has 0 aliphatic heterocycles. The zero-order valence-electron chi connectivity index (χ0n) is 15.0. The number of rotatable bonds is 3. The molecule has 2 bridgehead atoms. The van der Waals surface area contributed by atoms with E-state index in [9.17, 15) is 4.79 Å². The van der Waals surface area contributed by atoms with Gasteiger partial charge < -0.3 is 15.4 Å². The number of fused-ring (bicyclic) bond motifs is 2. The van der Waals surface area contributed by atoms with Crippen LogP contribution in [0.4, 0.5) is 4.79 Å². The summed E-state index contributed by atoms with van der Waals surface area (Å²) < 4.78 is 5.33. The van der Waals surface area contributed by atoms with Gasteiger partial charge in [0.25, 0.3) is 0 Å². The smallest absolute Gasteiger partial charge is 0.407 e. The molecule has 22 heavy (non-hydrogen) atoms. The Morgan fingerprint density at radius 2 is 1.82 bits per heavy atom. The van der Waals surface area contributed by atoms with Crippen LogP contribution in [-0.2, 0) is 4.74 Å². The van der Waals surface area contributed by atoms with Crippen LogP contribution in [0.15, 0.2) is 0 Å². The fourth-order valence-corrected chi connectivity index (χ4v) is 4.71. The van der Waals surface area contributed by atoms with Crippen molar-refractivity contribution in [1.82, 2.24) is 10.6 Å². The van der Waals surface area contributed by atoms with E-state index in [-0.39, 0.29) is 12.1 Å². The normalized spacial score (nSPS) is 42.3. The van der Waals surface area contributed by atoms with Gasteiger partial charge in [-0.25, -0.2) is 4.79 Å². The highest BCUT2D eigenvalue weighted by atomic mass is 16.6. The molecule has 3 fully saturated rings. The second kappa shape index (κ2) is 4.86. The van der Waals surface area contributed by atoms with Gasteiger partial charge in [0.2, 0.25) is 0 Å². The minimum Gasteiger partial charge on any atom is -0.444 e. The van der Waals surface area contributed by atoms with Crippen molar-refractivity contribution in [3.63, 3.8) is 0 Å². The van der Waals surface area contributed by atoms with Gasteiger partial charge in [0.1, 0.15) is 5.60 Å². The molecule has 0 aromatic heterocycles. The van der Waals surface area contributed by atoms with Crippen molar-refractivity contribution in [2.45, 2.75) is 91.0 Å². The van der Waals surface area contributed by atoms with Crippen molar-refractivity contribution in [2.24, 2.45) is 16.7 Å². The van der Waals surface area contributed by atoms with Crippen molar-refractivity contribution in [3.8, 4) is 0 Å². The van der Waals surface area contributed by atoms with Crippen molar-refractivity contribution < 1.29 is 9.53 Å². The van der Waals surface area contributed by atoms with Crippen LogP contribution in [0.2, 0.25) is 0 Å². The summed E-state index contributed by atoms with van der Waals surface area (Å²) in [5.74, 6) is 0.853. The van der Waals surface area contributed by atoms with Gasteiger partial charge in [-0.05, 0) is 63.2 Å². The maximum Gasteiger partial charge on any atom is 0.407 e. The lowest BCUT2D eigenvalue weighted by Gasteiger charge is -2.39. The number of carbonyl (C=O) groups excluding carboxylic acids is 1. The summed E-state index contributed by atoms with van der Waals surface area (Å²) in [6, 6.07) is 1.25. The van der Waals surface area contributed by atoms with Crippen LogP contribution >= 0.6 is 0 Å². The maximum atomic E-state index is 11.8. The summed E-state index contributed by atoms with van der Waals surface area (Å²) in [5.41, 5.74) is 0.411. The highest BCUT2D eigenvalue weighted by Crippen LogP contribution is 2.65. The van der Waals surface area contributed by atoms with Crippen LogP contribution in [-0.4, -0.2) is 29.8 Å². The van der Waals surface area contributed by atoms with Crippen molar-refractivity contribution in [2.75, 3.05) is 0 Å². The molecule has 0 spiro atoms. The van der Waals surface area contributed by atoms with Gasteiger partial charge in [-0.2, -0.15) is 0 Å². The van der Waals surface area contributed by atoms with Crippen LogP contribution in [0.1, 0.15) is 67.2 Å². The fourth-order valence-electron chi connectivity index (χ4n) is 4.71. The molecule has 5 unspecified atom stereocenters. The molecule has 126 valence electrons. The molecule has 0 radical (unpaired) electrons. The van der Waals surface area contributed by atoms with Crippen molar-refractivity contribution >= 4 is 6.09 Å². The second-order valence-corrected chi connectivity index (χ2v) is 9.42. The largest absolute Gasteiger partial charge is 0.444 e. The summed E-state index contributed by atoms with van der Waals surface area (Å²) in [5, 5.41) is 6.82. The average Bonchev–Trinajstić information content (AvgIpc) is 2.97. The SMILES string of the molecule is CC(C)(C)OC(=O)NC1CC1NC1CC2CCC1(C)C2(C)C. The molecular formula is C18H32N2O2. The van der Waals surface area contributed by atoms with Gasteiger partial charge in [0.15, 0.2) is 0 Å². The zero-order valence-corrected chi connectivity index (χ0v) is 15.0. The number of ether oxygens (including phenoxy) is 1. The lowest BCUT2D eigenvalue weighted by atomic mass is 9.69. The Labute approximate surface area is 134 Å². The second-order valence-electron chi connectivity index (χ2n) is 9.42. The Hall–Kier alpha value is -0.770. The Bertz CT molecular complexity index is 468. The van der Waals surface area contributed by atoms with Crippen molar-refractivity contribution in [1.29, 1.82) is 0 Å². The van der Waals surface area contributed by atoms with Gasteiger partial charge in [-0.3, -0.25) is 0 Å². The lowest BCUT2D eigenvalue weighted by Crippen LogP contribution is -2.47. The number of hydrogen-bond donors (Lipinski definition) is 2. The van der Waals surface area contributed by atoms with Crippen molar-refractivity contribution in [3.05, 3.63) is 0 Å². The molecule has 2 N–H and O–H groups in total. The minimum absolute atomic E-state index is 0.237. The summed E-state index contributed by atoms with van der Waals surface area (Å²) in [6.07, 6.45) is 4.74. The molecule has 5 atom stereocenters. The van der Waals surface area contributed by atoms with E-state index in [1.54, 1.807) is 0 Å². The first-order valence-electron chi connectivity index (χ1n) is 8.78. The topological polar surface area (TPSA) is 50.4 Å². The highest BCUT2D eigenvalue weighted by Gasteiger charge is 2.62. The minimum atomic E-state index is -0.427. The Balaban J connectivity index is 1.50. The van der Waals surface area contributed by atoms with Gasteiger partial charge >= 0.3 is 6.09 Å². The molecule has 0 aromatic carbocycles. The third kappa shape index (κ3) is 2.64. The van der Waals surface area contributed by atoms with E-state index in [1.807, 2.05) is 20.8 Å². The number of nitrogens with one attached hydrogen (secondary N) is 2. The zero-order chi connectivity index (χ0) is 16.3. The van der Waals surface area contributed by atoms with Gasteiger partial charge in [0, 0.05) is 18.1 Å². The van der Waals surface area contributed by atoms with Crippen LogP contribution in [0.3, 0.4) is 0 Å². The molecule has 3 aliphatic carbocycles. The van der Waals surface area contributed by atoms with Crippen LogP contribution < -0.4 is 10.6 Å². The molecule has 4 heteroatoms. The molecule has 1 amide bonds. The van der Waals surface area contributed by atoms with E-state index in [4.69, 9.17) is 4.74 Å². The van der Waals surface area contributed by atoms with E-state index >= 15 is 0 Å². The predicted octanol–water partition coefficient (Wildman–Crippen LogP) is 3.46. The molecule has 0 heterocycles. The van der Waals surface area contributed by atoms with E-state index < -0.39 is 5.60 Å². The maximum absolute atomic E-state index is 11.8. The molecule has 0 saturated heterocycles. The number of carbonyl (C=O) groups is 1. The monoisotopic (exact) mass is 308 g/mol. The van der Waals surface area contributed by atoms with Crippen LogP contribution in [0.5, 0.6) is 0 Å². The first-order chi connectivity index (χ1) is 10.0. The molecule has 4 nitrogen and oxygen atoms in total. The molecular weight excluding hydrogens is 276 g/mol. The highest BCUT2D eigenvalue weighted by molar-refractivity contribution is 5.68. The fraction of sp³-hybridized carbons (Fsp3) is 0.944. The molecule has 3 aliphatic rings. The van der Waals surface area contributed by atoms with E-state index in [0.29, 0.717) is 22.9 Å². The summed E-state index contributed by atoms with van der Waals surface area (Å²) in [4.78, 5) is 11.8. The standard InChI is InChI=1S/C18H32N2O2/c1-16(2,3)22-15(21)20-13-10-12(13)19-14-9-11-7-8-18(14,6)17(11,4)5/h11-14,19H,7-10H2,1-6H3,(H,20,21).